The molecule has 2 N–H and O–H groups in total. The first-order valence-corrected chi connectivity index (χ1v) is 8.19. The lowest BCUT2D eigenvalue weighted by molar-refractivity contribution is 0.434. The highest BCUT2D eigenvalue weighted by atomic mass is 15.2. The average Bonchev–Trinajstić information content (AvgIpc) is 3.15. The van der Waals surface area contributed by atoms with Crippen molar-refractivity contribution in [3.05, 3.63) is 11.3 Å². The number of fused-ring (bicyclic) bond motifs is 2. The molecule has 0 saturated heterocycles. The Balaban J connectivity index is 1.57. The Kier molecular flexibility index (Phi) is 3.04. The molecule has 0 bridgehead atoms. The van der Waals surface area contributed by atoms with E-state index in [1.54, 1.807) is 0 Å². The summed E-state index contributed by atoms with van der Waals surface area (Å²) in [5.41, 5.74) is 2.59. The summed E-state index contributed by atoms with van der Waals surface area (Å²) in [4.78, 5) is 9.48. The van der Waals surface area contributed by atoms with Gasteiger partial charge in [0.15, 0.2) is 0 Å². The number of aryl methyl sites for hydroxylation is 1. The standard InChI is InChI=1S/C16H24N4/c1-17-15-12-6-3-7-13(12)18-16(20-15)19-14-9-8-10-4-2-5-11(10)14/h10-11,14H,2-9H2,1H3,(H2,17,18,19,20)/t10-,11-,14-/m1/s1. The van der Waals surface area contributed by atoms with Crippen molar-refractivity contribution in [1.29, 1.82) is 0 Å². The predicted octanol–water partition coefficient (Wildman–Crippen LogP) is 3.00. The SMILES string of the molecule is CNc1nc(N[C@@H]2CC[C@H]3CCC[C@H]32)nc2c1CCC2. The summed E-state index contributed by atoms with van der Waals surface area (Å²) in [6.07, 6.45) is 10.4. The van der Waals surface area contributed by atoms with Crippen molar-refractivity contribution in [3.8, 4) is 0 Å². The minimum Gasteiger partial charge on any atom is -0.373 e. The van der Waals surface area contributed by atoms with Gasteiger partial charge < -0.3 is 10.6 Å². The molecule has 0 spiro atoms. The van der Waals surface area contributed by atoms with E-state index in [1.807, 2.05) is 7.05 Å². The van der Waals surface area contributed by atoms with Gasteiger partial charge in [0.1, 0.15) is 5.82 Å². The molecule has 0 unspecified atom stereocenters. The fourth-order valence-corrected chi connectivity index (χ4v) is 4.61. The van der Waals surface area contributed by atoms with Crippen molar-refractivity contribution in [2.45, 2.75) is 57.4 Å². The van der Waals surface area contributed by atoms with Crippen molar-refractivity contribution in [2.75, 3.05) is 17.7 Å². The molecule has 1 heterocycles. The molecule has 0 radical (unpaired) electrons. The van der Waals surface area contributed by atoms with Crippen molar-refractivity contribution in [3.63, 3.8) is 0 Å². The van der Waals surface area contributed by atoms with Crippen LogP contribution in [-0.4, -0.2) is 23.1 Å². The van der Waals surface area contributed by atoms with Crippen LogP contribution in [-0.2, 0) is 12.8 Å². The fraction of sp³-hybridized carbons (Fsp3) is 0.750. The average molecular weight is 272 g/mol. The van der Waals surface area contributed by atoms with Gasteiger partial charge in [0.25, 0.3) is 0 Å². The highest BCUT2D eigenvalue weighted by Crippen LogP contribution is 2.44. The summed E-state index contributed by atoms with van der Waals surface area (Å²) in [6, 6.07) is 0.603. The van der Waals surface area contributed by atoms with Gasteiger partial charge in [-0.1, -0.05) is 12.8 Å². The van der Waals surface area contributed by atoms with Crippen LogP contribution in [0.2, 0.25) is 0 Å². The summed E-state index contributed by atoms with van der Waals surface area (Å²) in [5.74, 6) is 3.72. The van der Waals surface area contributed by atoms with E-state index in [-0.39, 0.29) is 0 Å². The van der Waals surface area contributed by atoms with Crippen LogP contribution in [0.4, 0.5) is 11.8 Å². The number of anilines is 2. The van der Waals surface area contributed by atoms with Gasteiger partial charge in [0.05, 0.1) is 5.69 Å². The molecule has 3 aliphatic rings. The molecule has 1 aromatic heterocycles. The molecular weight excluding hydrogens is 248 g/mol. The molecule has 4 rings (SSSR count). The monoisotopic (exact) mass is 272 g/mol. The molecular formula is C16H24N4. The third kappa shape index (κ3) is 1.97. The van der Waals surface area contributed by atoms with Gasteiger partial charge in [-0.25, -0.2) is 4.98 Å². The molecule has 0 aliphatic heterocycles. The van der Waals surface area contributed by atoms with E-state index >= 15 is 0 Å². The Morgan fingerprint density at radius 2 is 1.95 bits per heavy atom. The van der Waals surface area contributed by atoms with Crippen molar-refractivity contribution >= 4 is 11.8 Å². The lowest BCUT2D eigenvalue weighted by Crippen LogP contribution is -2.26. The first-order chi connectivity index (χ1) is 9.85. The smallest absolute Gasteiger partial charge is 0.225 e. The number of hydrogen-bond donors (Lipinski definition) is 2. The van der Waals surface area contributed by atoms with Crippen LogP contribution < -0.4 is 10.6 Å². The highest BCUT2D eigenvalue weighted by molar-refractivity contribution is 5.52. The summed E-state index contributed by atoms with van der Waals surface area (Å²) >= 11 is 0. The summed E-state index contributed by atoms with van der Waals surface area (Å²) in [7, 11) is 1.97. The van der Waals surface area contributed by atoms with E-state index in [2.05, 4.69) is 10.6 Å². The van der Waals surface area contributed by atoms with Crippen molar-refractivity contribution in [1.82, 2.24) is 9.97 Å². The first kappa shape index (κ1) is 12.4. The molecule has 3 aliphatic carbocycles. The minimum absolute atomic E-state index is 0.603. The molecule has 4 nitrogen and oxygen atoms in total. The Hall–Kier alpha value is -1.32. The number of rotatable bonds is 3. The lowest BCUT2D eigenvalue weighted by atomic mass is 9.98. The Morgan fingerprint density at radius 1 is 1.00 bits per heavy atom. The molecule has 3 atom stereocenters. The summed E-state index contributed by atoms with van der Waals surface area (Å²) in [5, 5.41) is 6.90. The molecule has 0 amide bonds. The zero-order chi connectivity index (χ0) is 13.5. The number of aromatic nitrogens is 2. The summed E-state index contributed by atoms with van der Waals surface area (Å²) < 4.78 is 0. The fourth-order valence-electron chi connectivity index (χ4n) is 4.61. The van der Waals surface area contributed by atoms with Gasteiger partial charge in [-0.15, -0.1) is 0 Å². The Labute approximate surface area is 120 Å². The largest absolute Gasteiger partial charge is 0.373 e. The van der Waals surface area contributed by atoms with Gasteiger partial charge >= 0.3 is 0 Å². The quantitative estimate of drug-likeness (QED) is 0.888. The topological polar surface area (TPSA) is 49.8 Å². The zero-order valence-corrected chi connectivity index (χ0v) is 12.3. The molecule has 2 fully saturated rings. The molecule has 20 heavy (non-hydrogen) atoms. The zero-order valence-electron chi connectivity index (χ0n) is 12.3. The van der Waals surface area contributed by atoms with Crippen LogP contribution in [0.25, 0.3) is 0 Å². The predicted molar refractivity (Wildman–Crippen MR) is 81.1 cm³/mol. The second kappa shape index (κ2) is 4.90. The molecule has 1 aromatic rings. The van der Waals surface area contributed by atoms with Crippen LogP contribution in [0, 0.1) is 11.8 Å². The number of nitrogens with zero attached hydrogens (tertiary/aromatic N) is 2. The van der Waals surface area contributed by atoms with Crippen molar-refractivity contribution in [2.24, 2.45) is 11.8 Å². The van der Waals surface area contributed by atoms with Crippen LogP contribution in [0.5, 0.6) is 0 Å². The first-order valence-electron chi connectivity index (χ1n) is 8.19. The Morgan fingerprint density at radius 3 is 2.85 bits per heavy atom. The summed E-state index contributed by atoms with van der Waals surface area (Å²) in [6.45, 7) is 0. The second-order valence-corrected chi connectivity index (χ2v) is 6.61. The van der Waals surface area contributed by atoms with E-state index in [0.29, 0.717) is 6.04 Å². The molecule has 0 aromatic carbocycles. The van der Waals surface area contributed by atoms with Gasteiger partial charge in [0, 0.05) is 18.7 Å². The normalized spacial score (nSPS) is 31.1. The number of nitrogens with one attached hydrogen (secondary N) is 2. The third-order valence-corrected chi connectivity index (χ3v) is 5.57. The maximum Gasteiger partial charge on any atom is 0.225 e. The van der Waals surface area contributed by atoms with Crippen molar-refractivity contribution < 1.29 is 0 Å². The highest BCUT2D eigenvalue weighted by Gasteiger charge is 2.39. The van der Waals surface area contributed by atoms with E-state index in [0.717, 1.165) is 36.4 Å². The van der Waals surface area contributed by atoms with Gasteiger partial charge in [-0.3, -0.25) is 0 Å². The van der Waals surface area contributed by atoms with E-state index in [9.17, 15) is 0 Å². The van der Waals surface area contributed by atoms with Gasteiger partial charge in [0.2, 0.25) is 5.95 Å². The molecule has 2 saturated carbocycles. The minimum atomic E-state index is 0.603. The van der Waals surface area contributed by atoms with E-state index in [4.69, 9.17) is 9.97 Å². The van der Waals surface area contributed by atoms with Crippen LogP contribution in [0.15, 0.2) is 0 Å². The van der Waals surface area contributed by atoms with Crippen LogP contribution in [0.1, 0.15) is 49.8 Å². The second-order valence-electron chi connectivity index (χ2n) is 6.61. The Bertz CT molecular complexity index is 513. The van der Waals surface area contributed by atoms with E-state index in [1.165, 1.54) is 49.8 Å². The van der Waals surface area contributed by atoms with Gasteiger partial charge in [-0.05, 0) is 50.4 Å². The van der Waals surface area contributed by atoms with Crippen LogP contribution in [0.3, 0.4) is 0 Å². The van der Waals surface area contributed by atoms with E-state index < -0.39 is 0 Å². The van der Waals surface area contributed by atoms with Crippen LogP contribution >= 0.6 is 0 Å². The molecule has 4 heteroatoms. The molecule has 108 valence electrons. The lowest BCUT2D eigenvalue weighted by Gasteiger charge is -2.21. The maximum atomic E-state index is 4.78. The number of hydrogen-bond acceptors (Lipinski definition) is 4. The maximum absolute atomic E-state index is 4.78. The van der Waals surface area contributed by atoms with Gasteiger partial charge in [-0.2, -0.15) is 4.98 Å². The third-order valence-electron chi connectivity index (χ3n) is 5.57.